The summed E-state index contributed by atoms with van der Waals surface area (Å²) in [6.07, 6.45) is 2.51. The van der Waals surface area contributed by atoms with Crippen LogP contribution >= 0.6 is 0 Å². The van der Waals surface area contributed by atoms with Crippen LogP contribution in [-0.4, -0.2) is 55.1 Å². The monoisotopic (exact) mass is 267 g/mol. The maximum atomic E-state index is 6.27. The zero-order valence-corrected chi connectivity index (χ0v) is 13.5. The fourth-order valence-electron chi connectivity index (χ4n) is 4.00. The minimum atomic E-state index is 0.376. The molecular weight excluding hydrogens is 234 g/mol. The molecule has 4 atom stereocenters. The van der Waals surface area contributed by atoms with Crippen molar-refractivity contribution in [1.29, 1.82) is 0 Å². The molecule has 2 rings (SSSR count). The molecule has 4 unspecified atom stereocenters. The molecule has 1 saturated heterocycles. The lowest BCUT2D eigenvalue weighted by molar-refractivity contribution is 0.00344. The Morgan fingerprint density at radius 1 is 1.16 bits per heavy atom. The van der Waals surface area contributed by atoms with Crippen molar-refractivity contribution < 1.29 is 0 Å². The fourth-order valence-corrected chi connectivity index (χ4v) is 4.00. The summed E-state index contributed by atoms with van der Waals surface area (Å²) >= 11 is 0. The molecule has 1 aliphatic carbocycles. The topological polar surface area (TPSA) is 32.5 Å². The number of nitrogens with two attached hydrogens (primary N) is 1. The Bertz CT molecular complexity index is 302. The lowest BCUT2D eigenvalue weighted by atomic mass is 9.61. The van der Waals surface area contributed by atoms with Crippen LogP contribution in [-0.2, 0) is 0 Å². The molecule has 0 radical (unpaired) electrons. The van der Waals surface area contributed by atoms with Crippen LogP contribution in [0, 0.1) is 17.3 Å². The second-order valence-corrected chi connectivity index (χ2v) is 7.65. The predicted octanol–water partition coefficient (Wildman–Crippen LogP) is 2.02. The van der Waals surface area contributed by atoms with Crippen molar-refractivity contribution in [3.63, 3.8) is 0 Å². The summed E-state index contributed by atoms with van der Waals surface area (Å²) in [5, 5.41) is 0. The molecule has 1 heterocycles. The highest BCUT2D eigenvalue weighted by atomic mass is 15.3. The molecule has 1 aliphatic heterocycles. The van der Waals surface area contributed by atoms with E-state index in [0.29, 0.717) is 23.4 Å². The van der Waals surface area contributed by atoms with Gasteiger partial charge in [-0.15, -0.1) is 0 Å². The fraction of sp³-hybridized carbons (Fsp3) is 1.00. The molecular formula is C16H33N3. The smallest absolute Gasteiger partial charge is 0.0195 e. The molecule has 0 aromatic rings. The van der Waals surface area contributed by atoms with E-state index in [-0.39, 0.29) is 0 Å². The number of hydrogen-bond donors (Lipinski definition) is 1. The van der Waals surface area contributed by atoms with Crippen LogP contribution < -0.4 is 5.73 Å². The summed E-state index contributed by atoms with van der Waals surface area (Å²) in [4.78, 5) is 5.15. The molecule has 0 aromatic heterocycles. The van der Waals surface area contributed by atoms with E-state index in [9.17, 15) is 0 Å². The number of hydrogen-bond acceptors (Lipinski definition) is 3. The molecule has 2 aliphatic rings. The van der Waals surface area contributed by atoms with E-state index in [1.54, 1.807) is 0 Å². The summed E-state index contributed by atoms with van der Waals surface area (Å²) in [6.45, 7) is 14.5. The quantitative estimate of drug-likeness (QED) is 0.831. The molecule has 0 amide bonds. The van der Waals surface area contributed by atoms with Gasteiger partial charge in [-0.1, -0.05) is 20.8 Å². The van der Waals surface area contributed by atoms with Crippen LogP contribution in [0.4, 0.5) is 0 Å². The van der Waals surface area contributed by atoms with Gasteiger partial charge in [-0.2, -0.15) is 0 Å². The number of piperazine rings is 1. The maximum Gasteiger partial charge on any atom is 0.0195 e. The third-order valence-corrected chi connectivity index (χ3v) is 6.14. The molecule has 3 nitrogen and oxygen atoms in total. The van der Waals surface area contributed by atoms with E-state index in [1.165, 1.54) is 39.0 Å². The highest BCUT2D eigenvalue weighted by Crippen LogP contribution is 2.44. The lowest BCUT2D eigenvalue weighted by Crippen LogP contribution is -2.55. The average Bonchev–Trinajstić information content (AvgIpc) is 2.33. The van der Waals surface area contributed by atoms with Gasteiger partial charge < -0.3 is 10.6 Å². The van der Waals surface area contributed by atoms with Crippen molar-refractivity contribution in [2.24, 2.45) is 23.0 Å². The van der Waals surface area contributed by atoms with Gasteiger partial charge in [0.25, 0.3) is 0 Å². The molecule has 2 N–H and O–H groups in total. The summed E-state index contributed by atoms with van der Waals surface area (Å²) in [5.41, 5.74) is 6.65. The molecule has 3 heteroatoms. The highest BCUT2D eigenvalue weighted by Gasteiger charge is 2.42. The maximum absolute atomic E-state index is 6.27. The van der Waals surface area contributed by atoms with E-state index >= 15 is 0 Å². The molecule has 0 aromatic carbocycles. The van der Waals surface area contributed by atoms with Crippen molar-refractivity contribution in [3.8, 4) is 0 Å². The van der Waals surface area contributed by atoms with Crippen molar-refractivity contribution in [2.75, 3.05) is 33.2 Å². The van der Waals surface area contributed by atoms with Crippen LogP contribution in [0.5, 0.6) is 0 Å². The van der Waals surface area contributed by atoms with Gasteiger partial charge in [0.05, 0.1) is 0 Å². The summed E-state index contributed by atoms with van der Waals surface area (Å²) in [7, 11) is 2.24. The Hall–Kier alpha value is -0.120. The minimum absolute atomic E-state index is 0.376. The van der Waals surface area contributed by atoms with Gasteiger partial charge >= 0.3 is 0 Å². The molecule has 0 spiro atoms. The molecule has 0 bridgehead atoms. The van der Waals surface area contributed by atoms with Crippen molar-refractivity contribution in [1.82, 2.24) is 9.80 Å². The number of rotatable bonds is 2. The van der Waals surface area contributed by atoms with Gasteiger partial charge in [-0.3, -0.25) is 4.90 Å². The standard InChI is InChI=1S/C16H33N3/c1-12-10-18(5)8-9-19(12)11-14-6-7-15(17)13(2)16(14,3)4/h12-15H,6-11,17H2,1-5H3. The number of nitrogens with zero attached hydrogens (tertiary/aromatic N) is 2. The largest absolute Gasteiger partial charge is 0.327 e. The van der Waals surface area contributed by atoms with E-state index in [2.05, 4.69) is 44.5 Å². The van der Waals surface area contributed by atoms with Crippen LogP contribution in [0.15, 0.2) is 0 Å². The summed E-state index contributed by atoms with van der Waals surface area (Å²) in [5.74, 6) is 1.43. The first-order valence-electron chi connectivity index (χ1n) is 8.00. The van der Waals surface area contributed by atoms with E-state index in [0.717, 1.165) is 5.92 Å². The highest BCUT2D eigenvalue weighted by molar-refractivity contribution is 4.95. The average molecular weight is 267 g/mol. The first kappa shape index (κ1) is 15.3. The Kier molecular flexibility index (Phi) is 4.59. The second kappa shape index (κ2) is 5.71. The first-order valence-corrected chi connectivity index (χ1v) is 8.00. The third-order valence-electron chi connectivity index (χ3n) is 6.14. The van der Waals surface area contributed by atoms with E-state index in [1.807, 2.05) is 0 Å². The van der Waals surface area contributed by atoms with Crippen molar-refractivity contribution in [3.05, 3.63) is 0 Å². The Morgan fingerprint density at radius 2 is 1.84 bits per heavy atom. The SMILES string of the molecule is CC1CN(C)CCN1CC1CCC(N)C(C)C1(C)C. The zero-order chi connectivity index (χ0) is 14.2. The molecule has 2 fully saturated rings. The third kappa shape index (κ3) is 3.14. The lowest BCUT2D eigenvalue weighted by Gasteiger charge is -2.50. The van der Waals surface area contributed by atoms with Crippen LogP contribution in [0.3, 0.4) is 0 Å². The summed E-state index contributed by atoms with van der Waals surface area (Å²) in [6, 6.07) is 1.09. The molecule has 112 valence electrons. The van der Waals surface area contributed by atoms with Gasteiger partial charge in [0, 0.05) is 38.3 Å². The summed E-state index contributed by atoms with van der Waals surface area (Å²) < 4.78 is 0. The van der Waals surface area contributed by atoms with Crippen molar-refractivity contribution in [2.45, 2.75) is 52.6 Å². The minimum Gasteiger partial charge on any atom is -0.327 e. The van der Waals surface area contributed by atoms with Gasteiger partial charge in [0.1, 0.15) is 0 Å². The Balaban J connectivity index is 1.98. The van der Waals surface area contributed by atoms with Crippen LogP contribution in [0.1, 0.15) is 40.5 Å². The normalized spacial score (nSPS) is 41.4. The second-order valence-electron chi connectivity index (χ2n) is 7.65. The van der Waals surface area contributed by atoms with E-state index in [4.69, 9.17) is 5.73 Å². The zero-order valence-electron chi connectivity index (χ0n) is 13.5. The van der Waals surface area contributed by atoms with Gasteiger partial charge in [0.15, 0.2) is 0 Å². The first-order chi connectivity index (χ1) is 8.82. The van der Waals surface area contributed by atoms with Gasteiger partial charge in [-0.25, -0.2) is 0 Å². The van der Waals surface area contributed by atoms with Crippen molar-refractivity contribution >= 4 is 0 Å². The van der Waals surface area contributed by atoms with Gasteiger partial charge in [0.2, 0.25) is 0 Å². The molecule has 19 heavy (non-hydrogen) atoms. The predicted molar refractivity (Wildman–Crippen MR) is 82.2 cm³/mol. The van der Waals surface area contributed by atoms with Crippen LogP contribution in [0.2, 0.25) is 0 Å². The van der Waals surface area contributed by atoms with Gasteiger partial charge in [-0.05, 0) is 44.1 Å². The molecule has 1 saturated carbocycles. The van der Waals surface area contributed by atoms with E-state index < -0.39 is 0 Å². The Morgan fingerprint density at radius 3 is 2.47 bits per heavy atom. The number of likely N-dealkylation sites (N-methyl/N-ethyl adjacent to an activating group) is 1. The Labute approximate surface area is 119 Å². The van der Waals surface area contributed by atoms with Crippen LogP contribution in [0.25, 0.3) is 0 Å².